The molecule has 0 N–H and O–H groups in total. The Balaban J connectivity index is 1.40. The summed E-state index contributed by atoms with van der Waals surface area (Å²) in [6.45, 7) is 0. The molecule has 0 radical (unpaired) electrons. The van der Waals surface area contributed by atoms with Crippen LogP contribution >= 0.6 is 0 Å². The fourth-order valence-corrected chi connectivity index (χ4v) is 4.08. The fourth-order valence-electron chi connectivity index (χ4n) is 4.08. The van der Waals surface area contributed by atoms with E-state index in [2.05, 4.69) is 76.3 Å². The van der Waals surface area contributed by atoms with Crippen LogP contribution in [0.3, 0.4) is 0 Å². The number of hydrogen-bond donors (Lipinski definition) is 0. The van der Waals surface area contributed by atoms with Crippen molar-refractivity contribution in [2.75, 3.05) is 0 Å². The van der Waals surface area contributed by atoms with Gasteiger partial charge in [-0.05, 0) is 54.1 Å². The van der Waals surface area contributed by atoms with Crippen molar-refractivity contribution in [2.24, 2.45) is 7.05 Å². The van der Waals surface area contributed by atoms with Crippen LogP contribution in [-0.4, -0.2) is 24.1 Å². The van der Waals surface area contributed by atoms with Crippen LogP contribution in [0.5, 0.6) is 0 Å². The van der Waals surface area contributed by atoms with Gasteiger partial charge in [0.25, 0.3) is 0 Å². The van der Waals surface area contributed by atoms with Crippen LogP contribution < -0.4 is 0 Å². The number of aromatic nitrogens is 5. The summed E-state index contributed by atoms with van der Waals surface area (Å²) in [6, 6.07) is 23.1. The molecule has 0 fully saturated rings. The van der Waals surface area contributed by atoms with Gasteiger partial charge >= 0.3 is 0 Å². The second-order valence-electron chi connectivity index (χ2n) is 7.65. The molecule has 0 bridgehead atoms. The van der Waals surface area contributed by atoms with Crippen LogP contribution in [0.15, 0.2) is 85.3 Å². The Bertz CT molecular complexity index is 1540. The predicted molar refractivity (Wildman–Crippen MR) is 119 cm³/mol. The zero-order valence-corrected chi connectivity index (χ0v) is 16.5. The molecule has 0 atom stereocenters. The summed E-state index contributed by atoms with van der Waals surface area (Å²) < 4.78 is 4.08. The maximum Gasteiger partial charge on any atom is 0.153 e. The van der Waals surface area contributed by atoms with Crippen molar-refractivity contribution < 1.29 is 0 Å². The second kappa shape index (κ2) is 6.52. The Morgan fingerprint density at radius 2 is 1.83 bits per heavy atom. The van der Waals surface area contributed by atoms with Gasteiger partial charge in [0, 0.05) is 47.7 Å². The lowest BCUT2D eigenvalue weighted by Gasteiger charge is -2.06. The average molecular weight is 389 g/mol. The zero-order chi connectivity index (χ0) is 20.1. The molecule has 0 saturated carbocycles. The molecule has 4 heterocycles. The summed E-state index contributed by atoms with van der Waals surface area (Å²) in [6.07, 6.45) is 6.59. The lowest BCUT2D eigenvalue weighted by atomic mass is 10.1. The van der Waals surface area contributed by atoms with Gasteiger partial charge in [-0.1, -0.05) is 18.2 Å². The van der Waals surface area contributed by atoms with Crippen molar-refractivity contribution in [1.29, 1.82) is 0 Å². The van der Waals surface area contributed by atoms with Gasteiger partial charge in [0.1, 0.15) is 0 Å². The Labute approximate surface area is 173 Å². The van der Waals surface area contributed by atoms with E-state index in [1.54, 1.807) is 0 Å². The summed E-state index contributed by atoms with van der Waals surface area (Å²) >= 11 is 0. The summed E-state index contributed by atoms with van der Waals surface area (Å²) in [4.78, 5) is 8.96. The fraction of sp³-hybridized carbons (Fsp3) is 0.0800. The molecule has 0 spiro atoms. The monoisotopic (exact) mass is 389 g/mol. The van der Waals surface area contributed by atoms with E-state index in [0.717, 1.165) is 39.9 Å². The molecule has 0 saturated heterocycles. The number of nitrogens with zero attached hydrogens (tertiary/aromatic N) is 5. The third kappa shape index (κ3) is 2.75. The van der Waals surface area contributed by atoms with Crippen molar-refractivity contribution in [3.8, 4) is 11.3 Å². The minimum atomic E-state index is 0.764. The van der Waals surface area contributed by atoms with Gasteiger partial charge in [-0.15, -0.1) is 0 Å². The molecular weight excluding hydrogens is 370 g/mol. The molecule has 144 valence electrons. The van der Waals surface area contributed by atoms with E-state index in [4.69, 9.17) is 5.10 Å². The maximum absolute atomic E-state index is 4.91. The molecule has 2 aromatic carbocycles. The highest BCUT2D eigenvalue weighted by molar-refractivity contribution is 5.85. The number of hydrogen-bond acceptors (Lipinski definition) is 3. The third-order valence-electron chi connectivity index (χ3n) is 5.67. The highest BCUT2D eigenvalue weighted by Gasteiger charge is 2.10. The molecule has 4 aromatic heterocycles. The number of pyridine rings is 1. The van der Waals surface area contributed by atoms with Crippen molar-refractivity contribution in [2.45, 2.75) is 6.42 Å². The maximum atomic E-state index is 4.91. The normalized spacial score (nSPS) is 11.6. The zero-order valence-electron chi connectivity index (χ0n) is 16.5. The van der Waals surface area contributed by atoms with Crippen LogP contribution in [0.1, 0.15) is 11.3 Å². The van der Waals surface area contributed by atoms with E-state index in [1.165, 1.54) is 16.5 Å². The van der Waals surface area contributed by atoms with E-state index >= 15 is 0 Å². The molecule has 0 aliphatic heterocycles. The van der Waals surface area contributed by atoms with Crippen molar-refractivity contribution in [1.82, 2.24) is 24.1 Å². The summed E-state index contributed by atoms with van der Waals surface area (Å²) in [5.74, 6) is 0. The van der Waals surface area contributed by atoms with Crippen molar-refractivity contribution >= 4 is 27.5 Å². The standard InChI is InChI=1S/C25H19N5/c1-29-12-10-20-15-19(5-8-24(20)29)23-7-9-25-27-16-21(30(25)28-23)14-17-4-6-22-18(13-17)3-2-11-26-22/h2-13,15-16H,14H2,1H3. The Morgan fingerprint density at radius 3 is 2.80 bits per heavy atom. The highest BCUT2D eigenvalue weighted by atomic mass is 15.3. The number of rotatable bonds is 3. The first kappa shape index (κ1) is 16.9. The molecule has 0 aliphatic rings. The van der Waals surface area contributed by atoms with Gasteiger partial charge in [-0.3, -0.25) is 4.98 Å². The number of aryl methyl sites for hydroxylation is 1. The molecule has 6 rings (SSSR count). The van der Waals surface area contributed by atoms with Crippen LogP contribution in [0, 0.1) is 0 Å². The quantitative estimate of drug-likeness (QED) is 0.427. The average Bonchev–Trinajstić information content (AvgIpc) is 3.36. The van der Waals surface area contributed by atoms with E-state index < -0.39 is 0 Å². The third-order valence-corrected chi connectivity index (χ3v) is 5.67. The molecular formula is C25H19N5. The molecule has 0 aliphatic carbocycles. The van der Waals surface area contributed by atoms with E-state index in [1.807, 2.05) is 35.1 Å². The molecule has 0 amide bonds. The predicted octanol–water partition coefficient (Wildman–Crippen LogP) is 5.03. The number of imidazole rings is 1. The first-order valence-electron chi connectivity index (χ1n) is 9.97. The summed E-state index contributed by atoms with van der Waals surface area (Å²) in [7, 11) is 2.06. The van der Waals surface area contributed by atoms with Crippen molar-refractivity contribution in [3.05, 3.63) is 96.6 Å². The Kier molecular flexibility index (Phi) is 3.68. The summed E-state index contributed by atoms with van der Waals surface area (Å²) in [5, 5.41) is 7.27. The second-order valence-corrected chi connectivity index (χ2v) is 7.65. The summed E-state index contributed by atoms with van der Waals surface area (Å²) in [5.41, 5.74) is 7.41. The van der Waals surface area contributed by atoms with Gasteiger partial charge in [-0.2, -0.15) is 5.10 Å². The van der Waals surface area contributed by atoms with E-state index in [9.17, 15) is 0 Å². The van der Waals surface area contributed by atoms with Crippen molar-refractivity contribution in [3.63, 3.8) is 0 Å². The molecule has 30 heavy (non-hydrogen) atoms. The van der Waals surface area contributed by atoms with E-state index in [0.29, 0.717) is 0 Å². The highest BCUT2D eigenvalue weighted by Crippen LogP contribution is 2.24. The first-order valence-corrected chi connectivity index (χ1v) is 9.97. The Morgan fingerprint density at radius 1 is 0.867 bits per heavy atom. The minimum Gasteiger partial charge on any atom is -0.351 e. The largest absolute Gasteiger partial charge is 0.351 e. The van der Waals surface area contributed by atoms with Crippen LogP contribution in [-0.2, 0) is 13.5 Å². The van der Waals surface area contributed by atoms with Gasteiger partial charge in [0.15, 0.2) is 5.65 Å². The van der Waals surface area contributed by atoms with Gasteiger partial charge in [0.2, 0.25) is 0 Å². The molecule has 6 aromatic rings. The van der Waals surface area contributed by atoms with Gasteiger partial charge in [-0.25, -0.2) is 9.50 Å². The molecule has 5 heteroatoms. The van der Waals surface area contributed by atoms with E-state index in [-0.39, 0.29) is 0 Å². The smallest absolute Gasteiger partial charge is 0.153 e. The molecule has 5 nitrogen and oxygen atoms in total. The lowest BCUT2D eigenvalue weighted by Crippen LogP contribution is -2.00. The van der Waals surface area contributed by atoms with Crippen LogP contribution in [0.4, 0.5) is 0 Å². The SMILES string of the molecule is Cn1ccc2cc(-c3ccc4ncc(Cc5ccc6ncccc6c5)n4n3)ccc21. The number of fused-ring (bicyclic) bond motifs is 3. The molecule has 0 unspecified atom stereocenters. The first-order chi connectivity index (χ1) is 14.7. The van der Waals surface area contributed by atoms with Crippen LogP contribution in [0.2, 0.25) is 0 Å². The van der Waals surface area contributed by atoms with Crippen LogP contribution in [0.25, 0.3) is 38.7 Å². The van der Waals surface area contributed by atoms with Gasteiger partial charge < -0.3 is 4.57 Å². The van der Waals surface area contributed by atoms with Gasteiger partial charge in [0.05, 0.1) is 23.1 Å². The minimum absolute atomic E-state index is 0.764. The number of benzene rings is 2. The Hall–Kier alpha value is -3.99. The topological polar surface area (TPSA) is 48.0 Å². The lowest BCUT2D eigenvalue weighted by molar-refractivity contribution is 0.876.